The second-order valence-corrected chi connectivity index (χ2v) is 2.33. The van der Waals surface area contributed by atoms with Crippen LogP contribution in [-0.4, -0.2) is 40.6 Å². The number of carboxylic acids is 1. The molecular formula is C6H12NaO2. The molecule has 0 rings (SSSR count). The van der Waals surface area contributed by atoms with Gasteiger partial charge in [0.1, 0.15) is 0 Å². The van der Waals surface area contributed by atoms with Crippen LogP contribution in [-0.2, 0) is 4.79 Å². The van der Waals surface area contributed by atoms with E-state index in [1.807, 2.05) is 13.8 Å². The Hall–Kier alpha value is 0.470. The SMILES string of the molecule is CC(C)CC[13C](=O)O.[Na]. The van der Waals surface area contributed by atoms with Gasteiger partial charge < -0.3 is 5.11 Å². The van der Waals surface area contributed by atoms with Crippen molar-refractivity contribution in [3.8, 4) is 0 Å². The van der Waals surface area contributed by atoms with E-state index in [2.05, 4.69) is 0 Å². The van der Waals surface area contributed by atoms with E-state index < -0.39 is 5.97 Å². The summed E-state index contributed by atoms with van der Waals surface area (Å²) < 4.78 is 0. The zero-order valence-corrected chi connectivity index (χ0v) is 8.35. The van der Waals surface area contributed by atoms with Crippen molar-refractivity contribution in [2.45, 2.75) is 26.7 Å². The maximum absolute atomic E-state index is 9.90. The first-order valence-corrected chi connectivity index (χ1v) is 2.84. The Morgan fingerprint density at radius 2 is 2.00 bits per heavy atom. The van der Waals surface area contributed by atoms with Crippen molar-refractivity contribution < 1.29 is 9.90 Å². The van der Waals surface area contributed by atoms with Gasteiger partial charge >= 0.3 is 5.97 Å². The van der Waals surface area contributed by atoms with Gasteiger partial charge in [-0.25, -0.2) is 0 Å². The molecule has 1 radical (unpaired) electrons. The zero-order chi connectivity index (χ0) is 6.57. The quantitative estimate of drug-likeness (QED) is 0.471. The Bertz CT molecular complexity index is 81.1. The molecule has 0 aromatic rings. The van der Waals surface area contributed by atoms with Gasteiger partial charge in [-0.1, -0.05) is 13.8 Å². The monoisotopic (exact) mass is 140 g/mol. The largest absolute Gasteiger partial charge is 0.481 e. The maximum Gasteiger partial charge on any atom is 0.303 e. The molecule has 0 fully saturated rings. The van der Waals surface area contributed by atoms with Gasteiger partial charge in [-0.2, -0.15) is 0 Å². The van der Waals surface area contributed by atoms with Gasteiger partial charge in [-0.15, -0.1) is 0 Å². The molecule has 0 aliphatic heterocycles. The fraction of sp³-hybridized carbons (Fsp3) is 0.833. The van der Waals surface area contributed by atoms with Gasteiger partial charge in [-0.05, 0) is 12.3 Å². The molecule has 0 aliphatic rings. The first kappa shape index (κ1) is 12.2. The molecule has 0 amide bonds. The number of hydrogen-bond acceptors (Lipinski definition) is 1. The Morgan fingerprint density at radius 3 is 2.11 bits per heavy atom. The third-order valence-electron chi connectivity index (χ3n) is 0.936. The predicted octanol–water partition coefficient (Wildman–Crippen LogP) is 1.13. The molecule has 0 saturated carbocycles. The molecule has 0 spiro atoms. The summed E-state index contributed by atoms with van der Waals surface area (Å²) in [5.41, 5.74) is 0. The standard InChI is InChI=1S/C6H12O2.Na/c1-5(2)3-4-6(7)8;/h5H,3-4H2,1-2H3,(H,7,8);/i6+1;. The van der Waals surface area contributed by atoms with Gasteiger partial charge in [0.15, 0.2) is 0 Å². The minimum atomic E-state index is -0.696. The molecule has 0 aliphatic carbocycles. The van der Waals surface area contributed by atoms with Crippen LogP contribution < -0.4 is 0 Å². The summed E-state index contributed by atoms with van der Waals surface area (Å²) in [6.07, 6.45) is 1.09. The first-order valence-electron chi connectivity index (χ1n) is 2.84. The molecule has 9 heavy (non-hydrogen) atoms. The average Bonchev–Trinajstić information content (AvgIpc) is 1.61. The van der Waals surface area contributed by atoms with E-state index in [1.54, 1.807) is 0 Å². The molecule has 0 saturated heterocycles. The molecule has 2 nitrogen and oxygen atoms in total. The van der Waals surface area contributed by atoms with E-state index in [4.69, 9.17) is 5.11 Å². The second-order valence-electron chi connectivity index (χ2n) is 2.33. The van der Waals surface area contributed by atoms with Crippen molar-refractivity contribution in [1.29, 1.82) is 0 Å². The van der Waals surface area contributed by atoms with Crippen molar-refractivity contribution in [3.05, 3.63) is 0 Å². The van der Waals surface area contributed by atoms with Gasteiger partial charge in [0.2, 0.25) is 0 Å². The van der Waals surface area contributed by atoms with Gasteiger partial charge in [-0.3, -0.25) is 4.79 Å². The Kier molecular flexibility index (Phi) is 8.91. The van der Waals surface area contributed by atoms with Gasteiger partial charge in [0.25, 0.3) is 0 Å². The van der Waals surface area contributed by atoms with E-state index in [9.17, 15) is 4.79 Å². The molecule has 0 unspecified atom stereocenters. The van der Waals surface area contributed by atoms with Crippen LogP contribution >= 0.6 is 0 Å². The summed E-state index contributed by atoms with van der Waals surface area (Å²) in [5.74, 6) is -0.190. The summed E-state index contributed by atoms with van der Waals surface area (Å²) in [6, 6.07) is 0. The van der Waals surface area contributed by atoms with E-state index >= 15 is 0 Å². The van der Waals surface area contributed by atoms with Gasteiger partial charge in [0.05, 0.1) is 0 Å². The molecule has 0 heterocycles. The van der Waals surface area contributed by atoms with Crippen LogP contribution in [0.3, 0.4) is 0 Å². The molecule has 0 bridgehead atoms. The molecule has 3 heteroatoms. The van der Waals surface area contributed by atoms with Crippen LogP contribution in [0.1, 0.15) is 26.7 Å². The van der Waals surface area contributed by atoms with Crippen molar-refractivity contribution in [2.24, 2.45) is 5.92 Å². The van der Waals surface area contributed by atoms with E-state index in [0.29, 0.717) is 12.3 Å². The predicted molar refractivity (Wildman–Crippen MR) is 37.5 cm³/mol. The number of aliphatic carboxylic acids is 1. The number of carboxylic acid groups (broad SMARTS) is 1. The molecular weight excluding hydrogens is 128 g/mol. The van der Waals surface area contributed by atoms with Crippen LogP contribution in [0.4, 0.5) is 0 Å². The van der Waals surface area contributed by atoms with E-state index in [1.165, 1.54) is 0 Å². The minimum absolute atomic E-state index is 0. The summed E-state index contributed by atoms with van der Waals surface area (Å²) in [7, 11) is 0. The second kappa shape index (κ2) is 6.59. The smallest absolute Gasteiger partial charge is 0.303 e. The fourth-order valence-electron chi connectivity index (χ4n) is 0.412. The minimum Gasteiger partial charge on any atom is -0.481 e. The molecule has 0 aromatic carbocycles. The average molecular weight is 140 g/mol. The summed E-state index contributed by atoms with van der Waals surface area (Å²) in [5, 5.41) is 8.16. The number of rotatable bonds is 3. The Balaban J connectivity index is 0. The van der Waals surface area contributed by atoms with E-state index in [-0.39, 0.29) is 29.6 Å². The van der Waals surface area contributed by atoms with Crippen molar-refractivity contribution in [2.75, 3.05) is 0 Å². The first-order chi connectivity index (χ1) is 3.63. The van der Waals surface area contributed by atoms with Crippen LogP contribution in [0.15, 0.2) is 0 Å². The van der Waals surface area contributed by atoms with Crippen LogP contribution in [0, 0.1) is 5.92 Å². The third kappa shape index (κ3) is 11.8. The molecule has 0 atom stereocenters. The number of carbonyl (C=O) groups is 1. The van der Waals surface area contributed by atoms with Crippen molar-refractivity contribution in [3.63, 3.8) is 0 Å². The summed E-state index contributed by atoms with van der Waals surface area (Å²) in [4.78, 5) is 9.90. The third-order valence-corrected chi connectivity index (χ3v) is 0.936. The summed E-state index contributed by atoms with van der Waals surface area (Å²) >= 11 is 0. The normalized spacial score (nSPS) is 8.78. The molecule has 0 aromatic heterocycles. The van der Waals surface area contributed by atoms with Gasteiger partial charge in [0, 0.05) is 36.0 Å². The van der Waals surface area contributed by atoms with Crippen molar-refractivity contribution in [1.82, 2.24) is 0 Å². The number of hydrogen-bond donors (Lipinski definition) is 1. The fourth-order valence-corrected chi connectivity index (χ4v) is 0.412. The van der Waals surface area contributed by atoms with Crippen LogP contribution in [0.5, 0.6) is 0 Å². The topological polar surface area (TPSA) is 37.3 Å². The van der Waals surface area contributed by atoms with Crippen LogP contribution in [0.25, 0.3) is 0 Å². The zero-order valence-electron chi connectivity index (χ0n) is 6.35. The van der Waals surface area contributed by atoms with Crippen LogP contribution in [0.2, 0.25) is 0 Å². The molecule has 49 valence electrons. The van der Waals surface area contributed by atoms with Crippen molar-refractivity contribution >= 4 is 35.5 Å². The Labute approximate surface area is 77.9 Å². The Morgan fingerprint density at radius 1 is 1.56 bits per heavy atom. The molecule has 1 N–H and O–H groups in total. The summed E-state index contributed by atoms with van der Waals surface area (Å²) in [6.45, 7) is 4.03. The maximum atomic E-state index is 9.90. The van der Waals surface area contributed by atoms with E-state index in [0.717, 1.165) is 6.42 Å².